The fourth-order valence-corrected chi connectivity index (χ4v) is 2.61. The third-order valence-electron chi connectivity index (χ3n) is 3.46. The molecule has 2 nitrogen and oxygen atoms in total. The van der Waals surface area contributed by atoms with Gasteiger partial charge in [-0.2, -0.15) is 0 Å². The van der Waals surface area contributed by atoms with Crippen LogP contribution in [0.25, 0.3) is 0 Å². The Bertz CT molecular complexity index is 213. The summed E-state index contributed by atoms with van der Waals surface area (Å²) in [6.07, 6.45) is 17.4. The highest BCUT2D eigenvalue weighted by molar-refractivity contribution is 9.09. The van der Waals surface area contributed by atoms with Crippen molar-refractivity contribution in [3.05, 3.63) is 12.2 Å². The van der Waals surface area contributed by atoms with Crippen LogP contribution >= 0.6 is 15.9 Å². The van der Waals surface area contributed by atoms with Gasteiger partial charge < -0.3 is 9.47 Å². The minimum atomic E-state index is 0.0197. The zero-order valence-corrected chi connectivity index (χ0v) is 15.7. The molecule has 0 spiro atoms. The molecule has 0 amide bonds. The quantitative estimate of drug-likeness (QED) is 0.140. The van der Waals surface area contributed by atoms with Gasteiger partial charge in [0.15, 0.2) is 6.29 Å². The Morgan fingerprint density at radius 3 is 1.86 bits per heavy atom. The van der Waals surface area contributed by atoms with Crippen molar-refractivity contribution in [3.63, 3.8) is 0 Å². The van der Waals surface area contributed by atoms with Gasteiger partial charge >= 0.3 is 0 Å². The molecular formula is C18H35BrO2. The molecule has 0 saturated carbocycles. The van der Waals surface area contributed by atoms with Crippen molar-refractivity contribution in [1.82, 2.24) is 0 Å². The van der Waals surface area contributed by atoms with E-state index in [1.165, 1.54) is 51.4 Å². The Morgan fingerprint density at radius 1 is 0.762 bits per heavy atom. The fourth-order valence-electron chi connectivity index (χ4n) is 2.34. The van der Waals surface area contributed by atoms with Gasteiger partial charge in [0.25, 0.3) is 0 Å². The van der Waals surface area contributed by atoms with Gasteiger partial charge in [0.05, 0.1) is 0 Å². The smallest absolute Gasteiger partial charge is 0.157 e. The second kappa shape index (κ2) is 18.2. The topological polar surface area (TPSA) is 18.5 Å². The first kappa shape index (κ1) is 21.1. The van der Waals surface area contributed by atoms with Crippen LogP contribution in [0.2, 0.25) is 0 Å². The van der Waals surface area contributed by atoms with Gasteiger partial charge in [0, 0.05) is 18.5 Å². The van der Waals surface area contributed by atoms with E-state index in [2.05, 4.69) is 28.1 Å². The molecule has 0 aliphatic carbocycles. The normalized spacial score (nSPS) is 11.8. The summed E-state index contributed by atoms with van der Waals surface area (Å²) in [4.78, 5) is 0. The molecule has 3 heteroatoms. The molecule has 126 valence electrons. The molecule has 0 N–H and O–H groups in total. The van der Waals surface area contributed by atoms with E-state index in [1.54, 1.807) is 0 Å². The second-order valence-corrected chi connectivity index (χ2v) is 6.13. The number of unbranched alkanes of at least 4 members (excludes halogenated alkanes) is 7. The standard InChI is InChI=1S/C18H35BrO2/c1-3-20-18(21-4-2)16-14-12-10-8-6-5-7-9-11-13-15-17-19/h11,13,18H,3-10,12,14-17H2,1-2H3/b13-11+. The fraction of sp³-hybridized carbons (Fsp3) is 0.889. The van der Waals surface area contributed by atoms with Crippen molar-refractivity contribution >= 4 is 15.9 Å². The van der Waals surface area contributed by atoms with Crippen LogP contribution in [0.5, 0.6) is 0 Å². The van der Waals surface area contributed by atoms with Crippen LogP contribution in [0.3, 0.4) is 0 Å². The number of allylic oxidation sites excluding steroid dienone is 2. The van der Waals surface area contributed by atoms with Crippen LogP contribution in [-0.2, 0) is 9.47 Å². The highest BCUT2D eigenvalue weighted by Gasteiger charge is 2.06. The van der Waals surface area contributed by atoms with Crippen LogP contribution in [0.15, 0.2) is 12.2 Å². The van der Waals surface area contributed by atoms with Crippen LogP contribution < -0.4 is 0 Å². The highest BCUT2D eigenvalue weighted by Crippen LogP contribution is 2.12. The van der Waals surface area contributed by atoms with Gasteiger partial charge in [-0.15, -0.1) is 0 Å². The predicted octanol–water partition coefficient (Wildman–Crippen LogP) is 6.24. The van der Waals surface area contributed by atoms with Crippen LogP contribution in [0.1, 0.15) is 78.1 Å². The van der Waals surface area contributed by atoms with E-state index in [-0.39, 0.29) is 6.29 Å². The van der Waals surface area contributed by atoms with Crippen molar-refractivity contribution < 1.29 is 9.47 Å². The van der Waals surface area contributed by atoms with Gasteiger partial charge in [-0.3, -0.25) is 0 Å². The highest BCUT2D eigenvalue weighted by atomic mass is 79.9. The third kappa shape index (κ3) is 16.3. The maximum Gasteiger partial charge on any atom is 0.157 e. The first-order chi connectivity index (χ1) is 10.3. The van der Waals surface area contributed by atoms with Gasteiger partial charge in [-0.1, -0.05) is 60.2 Å². The summed E-state index contributed by atoms with van der Waals surface area (Å²) in [7, 11) is 0. The first-order valence-corrected chi connectivity index (χ1v) is 9.91. The maximum absolute atomic E-state index is 5.55. The number of rotatable bonds is 16. The second-order valence-electron chi connectivity index (χ2n) is 5.34. The number of halogens is 1. The minimum absolute atomic E-state index is 0.0197. The molecule has 0 saturated heterocycles. The van der Waals surface area contributed by atoms with Gasteiger partial charge in [0.1, 0.15) is 0 Å². The zero-order valence-electron chi connectivity index (χ0n) is 14.1. The summed E-state index contributed by atoms with van der Waals surface area (Å²) in [6.45, 7) is 5.55. The lowest BCUT2D eigenvalue weighted by Crippen LogP contribution is -2.17. The van der Waals surface area contributed by atoms with Gasteiger partial charge in [-0.25, -0.2) is 0 Å². The van der Waals surface area contributed by atoms with E-state index in [4.69, 9.17) is 9.47 Å². The molecular weight excluding hydrogens is 328 g/mol. The zero-order chi connectivity index (χ0) is 15.6. The Labute approximate surface area is 140 Å². The van der Waals surface area contributed by atoms with E-state index in [0.29, 0.717) is 0 Å². The van der Waals surface area contributed by atoms with Gasteiger partial charge in [0.2, 0.25) is 0 Å². The summed E-state index contributed by atoms with van der Waals surface area (Å²) >= 11 is 3.43. The van der Waals surface area contributed by atoms with E-state index >= 15 is 0 Å². The summed E-state index contributed by atoms with van der Waals surface area (Å²) < 4.78 is 11.1. The molecule has 21 heavy (non-hydrogen) atoms. The van der Waals surface area contributed by atoms with Crippen molar-refractivity contribution in [1.29, 1.82) is 0 Å². The lowest BCUT2D eigenvalue weighted by Gasteiger charge is -2.16. The summed E-state index contributed by atoms with van der Waals surface area (Å²) in [5, 5.41) is 1.08. The summed E-state index contributed by atoms with van der Waals surface area (Å²) in [5.41, 5.74) is 0. The van der Waals surface area contributed by atoms with Crippen LogP contribution in [0, 0.1) is 0 Å². The van der Waals surface area contributed by atoms with Crippen molar-refractivity contribution in [2.45, 2.75) is 84.3 Å². The maximum atomic E-state index is 5.55. The SMILES string of the molecule is CCOC(CCCCCCCCC/C=C/CCBr)OCC. The average Bonchev–Trinajstić information content (AvgIpc) is 2.48. The monoisotopic (exact) mass is 362 g/mol. The molecule has 0 radical (unpaired) electrons. The largest absolute Gasteiger partial charge is 0.353 e. The number of alkyl halides is 1. The Hall–Kier alpha value is 0.140. The number of ether oxygens (including phenoxy) is 2. The lowest BCUT2D eigenvalue weighted by atomic mass is 10.1. The molecule has 0 fully saturated rings. The Morgan fingerprint density at radius 2 is 1.29 bits per heavy atom. The predicted molar refractivity (Wildman–Crippen MR) is 96.1 cm³/mol. The molecule has 0 bridgehead atoms. The van der Waals surface area contributed by atoms with Crippen LogP contribution in [-0.4, -0.2) is 24.8 Å². The van der Waals surface area contributed by atoms with Gasteiger partial charge in [-0.05, 0) is 46.0 Å². The molecule has 0 rings (SSSR count). The van der Waals surface area contributed by atoms with Crippen LogP contribution in [0.4, 0.5) is 0 Å². The molecule has 0 aromatic heterocycles. The Balaban J connectivity index is 3.24. The van der Waals surface area contributed by atoms with E-state index < -0.39 is 0 Å². The third-order valence-corrected chi connectivity index (χ3v) is 3.92. The van der Waals surface area contributed by atoms with E-state index in [1.807, 2.05) is 13.8 Å². The molecule has 0 aromatic carbocycles. The molecule has 0 aromatic rings. The van der Waals surface area contributed by atoms with E-state index in [0.717, 1.165) is 31.4 Å². The number of hydrogen-bond acceptors (Lipinski definition) is 2. The van der Waals surface area contributed by atoms with E-state index in [9.17, 15) is 0 Å². The first-order valence-electron chi connectivity index (χ1n) is 8.79. The minimum Gasteiger partial charge on any atom is -0.353 e. The van der Waals surface area contributed by atoms with Crippen molar-refractivity contribution in [2.75, 3.05) is 18.5 Å². The molecule has 0 aliphatic rings. The molecule has 0 aliphatic heterocycles. The molecule has 0 heterocycles. The molecule has 0 atom stereocenters. The summed E-state index contributed by atoms with van der Waals surface area (Å²) in [6, 6.07) is 0. The molecule has 0 unspecified atom stereocenters. The van der Waals surface area contributed by atoms with Crippen molar-refractivity contribution in [3.8, 4) is 0 Å². The number of hydrogen-bond donors (Lipinski definition) is 0. The summed E-state index contributed by atoms with van der Waals surface area (Å²) in [5.74, 6) is 0. The Kier molecular flexibility index (Phi) is 18.3. The lowest BCUT2D eigenvalue weighted by molar-refractivity contribution is -0.140. The van der Waals surface area contributed by atoms with Crippen molar-refractivity contribution in [2.24, 2.45) is 0 Å². The average molecular weight is 363 g/mol.